The Labute approximate surface area is 427 Å². The molecule has 3 atom stereocenters. The summed E-state index contributed by atoms with van der Waals surface area (Å²) >= 11 is 11.9. The first kappa shape index (κ1) is 55.6. The molecule has 0 saturated carbocycles. The molecule has 1 aliphatic rings. The molecule has 70 heavy (non-hydrogen) atoms. The molecular weight excluding hydrogens is 1000 g/mol. The van der Waals surface area contributed by atoms with Gasteiger partial charge in [0, 0.05) is 72.4 Å². The van der Waals surface area contributed by atoms with Crippen molar-refractivity contribution in [2.24, 2.45) is 0 Å². The van der Waals surface area contributed by atoms with Gasteiger partial charge in [-0.25, -0.2) is 19.4 Å². The average Bonchev–Trinajstić information content (AvgIpc) is 3.63. The Hall–Kier alpha value is -5.37. The number of fused-ring (bicyclic) bond motifs is 3. The van der Waals surface area contributed by atoms with Crippen molar-refractivity contribution >= 4 is 86.2 Å². The van der Waals surface area contributed by atoms with Crippen LogP contribution in [-0.2, 0) is 48.1 Å². The molecule has 20 heteroatoms. The summed E-state index contributed by atoms with van der Waals surface area (Å²) in [4.78, 5) is 89.9. The van der Waals surface area contributed by atoms with Crippen LogP contribution in [-0.4, -0.2) is 106 Å². The number of hydrogen-bond donors (Lipinski definition) is 5. The molecule has 0 saturated heterocycles. The first-order valence-electron chi connectivity index (χ1n) is 23.2. The Kier molecular flexibility index (Phi) is 19.2. The van der Waals surface area contributed by atoms with Crippen LogP contribution in [0.25, 0.3) is 10.9 Å². The molecule has 3 heterocycles. The largest absolute Gasteiger partial charge is 0.444 e. The molecule has 0 spiro atoms. The topological polar surface area (TPSA) is 211 Å². The van der Waals surface area contributed by atoms with Gasteiger partial charge < -0.3 is 45.7 Å². The summed E-state index contributed by atoms with van der Waals surface area (Å²) in [6.45, 7) is 16.3. The lowest BCUT2D eigenvalue weighted by molar-refractivity contribution is -0.142. The molecule has 0 bridgehead atoms. The van der Waals surface area contributed by atoms with E-state index < -0.39 is 70.9 Å². The summed E-state index contributed by atoms with van der Waals surface area (Å²) in [5.41, 5.74) is 0.304. The van der Waals surface area contributed by atoms with E-state index >= 15 is 4.79 Å². The SMILES string of the molecule is CN1C(=O)[C@H](CCCNC(=O)OC(C)(C)C)NC(=O)[C@H](CCCNC(=O)OC(C)(C)C)NCc2cccnc2Sc2c(Cl)ccc(Br)c2CNC(=O)[C@@H]1Cc1cn(C(=O)OC(C)(C)C)c2ccccc12. The number of rotatable bonds is 10. The van der Waals surface area contributed by atoms with Crippen molar-refractivity contribution in [3.63, 3.8) is 0 Å². The zero-order valence-corrected chi connectivity index (χ0v) is 44.7. The second-order valence-corrected chi connectivity index (χ2v) is 22.2. The monoisotopic (exact) mass is 1070 g/mol. The van der Waals surface area contributed by atoms with Crippen LogP contribution < -0.4 is 26.6 Å². The van der Waals surface area contributed by atoms with Gasteiger partial charge in [-0.1, -0.05) is 63.6 Å². The molecule has 1 aliphatic heterocycles. The third-order valence-corrected chi connectivity index (χ3v) is 13.1. The van der Waals surface area contributed by atoms with Crippen LogP contribution in [0.3, 0.4) is 0 Å². The molecule has 0 unspecified atom stereocenters. The number of carbonyl (C=O) groups is 6. The minimum absolute atomic E-state index is 0.00315. The maximum atomic E-state index is 15.1. The highest BCUT2D eigenvalue weighted by Crippen LogP contribution is 2.40. The summed E-state index contributed by atoms with van der Waals surface area (Å²) in [5, 5.41) is 16.6. The number of ether oxygens (including phenoxy) is 3. The highest BCUT2D eigenvalue weighted by atomic mass is 79.9. The Morgan fingerprint density at radius 1 is 0.814 bits per heavy atom. The number of carbonyl (C=O) groups excluding carboxylic acids is 6. The summed E-state index contributed by atoms with van der Waals surface area (Å²) in [6.07, 6.45) is 2.27. The van der Waals surface area contributed by atoms with Crippen molar-refractivity contribution in [2.75, 3.05) is 20.1 Å². The third-order valence-electron chi connectivity index (χ3n) is 10.7. The van der Waals surface area contributed by atoms with Gasteiger partial charge in [0.05, 0.1) is 16.6 Å². The average molecular weight is 1070 g/mol. The fourth-order valence-corrected chi connectivity index (χ4v) is 9.43. The summed E-state index contributed by atoms with van der Waals surface area (Å²) in [7, 11) is 1.50. The van der Waals surface area contributed by atoms with Crippen molar-refractivity contribution in [3.8, 4) is 0 Å². The van der Waals surface area contributed by atoms with Crippen molar-refractivity contribution < 1.29 is 43.0 Å². The van der Waals surface area contributed by atoms with Crippen molar-refractivity contribution in [1.82, 2.24) is 41.0 Å². The van der Waals surface area contributed by atoms with Gasteiger partial charge in [-0.05, 0) is 123 Å². The number of likely N-dealkylation sites (N-methyl/N-ethyl adjacent to an activating group) is 1. The molecule has 0 aliphatic carbocycles. The van der Waals surface area contributed by atoms with Crippen LogP contribution in [0.15, 0.2) is 75.3 Å². The van der Waals surface area contributed by atoms with E-state index in [1.807, 2.05) is 18.2 Å². The van der Waals surface area contributed by atoms with Gasteiger partial charge in [0.25, 0.3) is 0 Å². The number of nitrogens with zero attached hydrogens (tertiary/aromatic N) is 3. The predicted octanol–water partition coefficient (Wildman–Crippen LogP) is 8.64. The maximum absolute atomic E-state index is 15.1. The van der Waals surface area contributed by atoms with Gasteiger partial charge in [0.15, 0.2) is 0 Å². The van der Waals surface area contributed by atoms with Crippen molar-refractivity contribution in [1.29, 1.82) is 0 Å². The van der Waals surface area contributed by atoms with Crippen molar-refractivity contribution in [2.45, 2.75) is 152 Å². The third kappa shape index (κ3) is 16.3. The molecule has 2 aromatic heterocycles. The molecular formula is C50H66BrClN8O9S. The number of nitrogens with one attached hydrogen (secondary N) is 5. The number of alkyl carbamates (subject to hydrolysis) is 2. The van der Waals surface area contributed by atoms with E-state index in [9.17, 15) is 24.0 Å². The quantitative estimate of drug-likeness (QED) is 0.0747. The lowest BCUT2D eigenvalue weighted by Crippen LogP contribution is -2.57. The second kappa shape index (κ2) is 24.2. The van der Waals surface area contributed by atoms with E-state index in [2.05, 4.69) is 47.5 Å². The van der Waals surface area contributed by atoms with E-state index in [1.165, 1.54) is 28.3 Å². The minimum Gasteiger partial charge on any atom is -0.444 e. The first-order chi connectivity index (χ1) is 32.8. The smallest absolute Gasteiger partial charge is 0.419 e. The first-order valence-corrected chi connectivity index (χ1v) is 25.2. The van der Waals surface area contributed by atoms with Crippen molar-refractivity contribution in [3.05, 3.63) is 87.1 Å². The lowest BCUT2D eigenvalue weighted by atomic mass is 10.0. The number of aromatic nitrogens is 2. The molecule has 17 nitrogen and oxygen atoms in total. The van der Waals surface area contributed by atoms with Crippen LogP contribution in [0.4, 0.5) is 14.4 Å². The molecule has 5 N–H and O–H groups in total. The van der Waals surface area contributed by atoms with E-state index in [4.69, 9.17) is 25.8 Å². The number of para-hydroxylation sites is 1. The van der Waals surface area contributed by atoms with Gasteiger partial charge in [0.1, 0.15) is 33.9 Å². The zero-order valence-electron chi connectivity index (χ0n) is 41.5. The van der Waals surface area contributed by atoms with Crippen LogP contribution >= 0.6 is 39.3 Å². The summed E-state index contributed by atoms with van der Waals surface area (Å²) in [5.74, 6) is -1.61. The van der Waals surface area contributed by atoms with Gasteiger partial charge in [-0.15, -0.1) is 0 Å². The molecule has 2 aromatic carbocycles. The zero-order chi connectivity index (χ0) is 51.6. The van der Waals surface area contributed by atoms with E-state index in [0.29, 0.717) is 47.9 Å². The fourth-order valence-electron chi connectivity index (χ4n) is 7.49. The van der Waals surface area contributed by atoms with Gasteiger partial charge >= 0.3 is 18.3 Å². The Morgan fingerprint density at radius 3 is 2.06 bits per heavy atom. The molecule has 4 aromatic rings. The van der Waals surface area contributed by atoms with Crippen LogP contribution in [0.1, 0.15) is 105 Å². The van der Waals surface area contributed by atoms with E-state index in [1.54, 1.807) is 105 Å². The van der Waals surface area contributed by atoms with E-state index in [-0.39, 0.29) is 51.9 Å². The molecule has 5 rings (SSSR count). The highest BCUT2D eigenvalue weighted by Gasteiger charge is 2.35. The highest BCUT2D eigenvalue weighted by molar-refractivity contribution is 9.10. The number of hydrogen-bond acceptors (Lipinski definition) is 12. The number of halogens is 2. The standard InChI is InChI=1S/C50H66BrClN8O9S/c1-48(2,3)67-45(64)54-24-14-18-36-41(61)58-37(19-15-25-55-46(65)68-49(4,5)6)44(63)59(10)39(26-31-29-60(47(66)69-50(7,8)9)38-20-12-11-17-32(31)38)42(62)57-28-33-34(51)21-22-35(52)40(33)70-43-30(27-56-36)16-13-23-53-43/h11-13,16-17,20-23,29,36-37,39,56H,14-15,18-19,24-28H2,1-10H3,(H,54,64)(H,55,65)(H,57,62)(H,58,61)/t36-,37-,39-/m0/s1. The second-order valence-electron chi connectivity index (χ2n) is 20.0. The fraction of sp³-hybridized carbons (Fsp3) is 0.500. The van der Waals surface area contributed by atoms with Crippen LogP contribution in [0.2, 0.25) is 5.02 Å². The maximum Gasteiger partial charge on any atom is 0.419 e. The Balaban J connectivity index is 1.58. The number of benzene rings is 2. The molecule has 5 amide bonds. The number of amides is 5. The molecule has 380 valence electrons. The van der Waals surface area contributed by atoms with E-state index in [0.717, 1.165) is 5.56 Å². The predicted molar refractivity (Wildman–Crippen MR) is 273 cm³/mol. The van der Waals surface area contributed by atoms with Crippen LogP contribution in [0.5, 0.6) is 0 Å². The molecule has 0 fully saturated rings. The Morgan fingerprint density at radius 2 is 1.43 bits per heavy atom. The van der Waals surface area contributed by atoms with Gasteiger partial charge in [-0.2, -0.15) is 0 Å². The Bertz CT molecular complexity index is 2540. The summed E-state index contributed by atoms with van der Waals surface area (Å²) < 4.78 is 18.6. The van der Waals surface area contributed by atoms with Gasteiger partial charge in [-0.3, -0.25) is 19.0 Å². The number of pyridine rings is 1. The lowest BCUT2D eigenvalue weighted by Gasteiger charge is -2.32. The van der Waals surface area contributed by atoms with Crippen LogP contribution in [0, 0.1) is 0 Å². The summed E-state index contributed by atoms with van der Waals surface area (Å²) in [6, 6.07) is 11.2. The molecule has 0 radical (unpaired) electrons. The normalized spacial score (nSPS) is 17.6. The van der Waals surface area contributed by atoms with Gasteiger partial charge in [0.2, 0.25) is 17.7 Å². The minimum atomic E-state index is -1.19.